The molecule has 0 spiro atoms. The van der Waals surface area contributed by atoms with Crippen LogP contribution >= 0.6 is 0 Å². The van der Waals surface area contributed by atoms with E-state index in [2.05, 4.69) is 0 Å². The topological polar surface area (TPSA) is 92.8 Å². The predicted molar refractivity (Wildman–Crippen MR) is 119 cm³/mol. The van der Waals surface area contributed by atoms with E-state index in [1.165, 1.54) is 14.9 Å². The first-order chi connectivity index (χ1) is 15.3. The third-order valence-electron chi connectivity index (χ3n) is 5.57. The molecule has 2 aromatic heterocycles. The molecule has 168 valence electrons. The van der Waals surface area contributed by atoms with E-state index in [0.29, 0.717) is 16.2 Å². The van der Waals surface area contributed by atoms with Crippen molar-refractivity contribution in [3.8, 4) is 0 Å². The Morgan fingerprint density at radius 2 is 1.75 bits per heavy atom. The highest BCUT2D eigenvalue weighted by molar-refractivity contribution is 7.89. The highest BCUT2D eigenvalue weighted by Gasteiger charge is 2.32. The molecule has 0 unspecified atom stereocenters. The molecule has 1 aliphatic heterocycles. The van der Waals surface area contributed by atoms with Gasteiger partial charge >= 0.3 is 0 Å². The van der Waals surface area contributed by atoms with E-state index < -0.39 is 10.0 Å². The molecule has 32 heavy (non-hydrogen) atoms. The fourth-order valence-electron chi connectivity index (χ4n) is 3.85. The van der Waals surface area contributed by atoms with Crippen molar-refractivity contribution in [3.05, 3.63) is 87.7 Å². The number of nitrogens with zero attached hydrogens (tertiary/aromatic N) is 3. The minimum atomic E-state index is -3.62. The number of aryl methyl sites for hydroxylation is 2. The molecule has 0 atom stereocenters. The van der Waals surface area contributed by atoms with Gasteiger partial charge in [0.1, 0.15) is 5.76 Å². The summed E-state index contributed by atoms with van der Waals surface area (Å²) in [6, 6.07) is 13.4. The summed E-state index contributed by atoms with van der Waals surface area (Å²) in [7, 11) is -3.62. The number of pyridine rings is 1. The Hall–Kier alpha value is -3.17. The minimum Gasteiger partial charge on any atom is -0.454 e. The Balaban J connectivity index is 1.41. The third kappa shape index (κ3) is 4.39. The number of amides is 1. The van der Waals surface area contributed by atoms with E-state index in [-0.39, 0.29) is 50.0 Å². The van der Waals surface area contributed by atoms with Crippen LogP contribution in [0.4, 0.5) is 0 Å². The molecule has 0 N–H and O–H groups in total. The number of aromatic nitrogens is 1. The van der Waals surface area contributed by atoms with Gasteiger partial charge in [-0.1, -0.05) is 23.8 Å². The number of hydrogen-bond acceptors (Lipinski definition) is 5. The van der Waals surface area contributed by atoms with Gasteiger partial charge < -0.3 is 13.9 Å². The second kappa shape index (κ2) is 8.76. The number of sulfonamides is 1. The summed E-state index contributed by atoms with van der Waals surface area (Å²) in [5.41, 5.74) is 1.56. The molecule has 4 rings (SSSR count). The normalized spacial score (nSPS) is 15.1. The average molecular weight is 456 g/mol. The second-order valence-electron chi connectivity index (χ2n) is 7.90. The van der Waals surface area contributed by atoms with Crippen LogP contribution in [0.5, 0.6) is 0 Å². The Labute approximate surface area is 186 Å². The number of rotatable bonds is 5. The van der Waals surface area contributed by atoms with E-state index in [4.69, 9.17) is 4.42 Å². The first kappa shape index (κ1) is 22.0. The van der Waals surface area contributed by atoms with Crippen molar-refractivity contribution in [2.45, 2.75) is 25.3 Å². The number of hydrogen-bond donors (Lipinski definition) is 0. The van der Waals surface area contributed by atoms with Crippen molar-refractivity contribution in [1.29, 1.82) is 0 Å². The van der Waals surface area contributed by atoms with Crippen LogP contribution in [0, 0.1) is 13.8 Å². The number of benzene rings is 1. The first-order valence-electron chi connectivity index (χ1n) is 10.4. The van der Waals surface area contributed by atoms with Crippen LogP contribution in [0.3, 0.4) is 0 Å². The van der Waals surface area contributed by atoms with Crippen LogP contribution in [0.1, 0.15) is 27.4 Å². The molecule has 0 radical (unpaired) electrons. The summed E-state index contributed by atoms with van der Waals surface area (Å²) in [4.78, 5) is 26.6. The third-order valence-corrected chi connectivity index (χ3v) is 7.63. The molecule has 1 aliphatic rings. The van der Waals surface area contributed by atoms with Crippen LogP contribution in [-0.2, 0) is 16.6 Å². The molecular weight excluding hydrogens is 430 g/mol. The maximum absolute atomic E-state index is 13.0. The van der Waals surface area contributed by atoms with Gasteiger partial charge in [-0.3, -0.25) is 9.59 Å². The van der Waals surface area contributed by atoms with Gasteiger partial charge in [-0.25, -0.2) is 8.42 Å². The van der Waals surface area contributed by atoms with Gasteiger partial charge in [0.15, 0.2) is 5.76 Å². The zero-order chi connectivity index (χ0) is 22.9. The lowest BCUT2D eigenvalue weighted by Crippen LogP contribution is -2.50. The molecule has 1 aromatic carbocycles. The zero-order valence-corrected chi connectivity index (χ0v) is 18.8. The van der Waals surface area contributed by atoms with Crippen LogP contribution in [0.15, 0.2) is 68.8 Å². The van der Waals surface area contributed by atoms with Crippen LogP contribution in [0.25, 0.3) is 0 Å². The molecule has 3 heterocycles. The molecular formula is C23H25N3O5S. The number of carbonyl (C=O) groups is 1. The van der Waals surface area contributed by atoms with Gasteiger partial charge in [0.25, 0.3) is 11.5 Å². The summed E-state index contributed by atoms with van der Waals surface area (Å²) < 4.78 is 34.7. The highest BCUT2D eigenvalue weighted by atomic mass is 32.2. The molecule has 1 saturated heterocycles. The first-order valence-corrected chi connectivity index (χ1v) is 11.8. The minimum absolute atomic E-state index is 0.155. The molecule has 0 bridgehead atoms. The second-order valence-corrected chi connectivity index (χ2v) is 9.80. The quantitative estimate of drug-likeness (QED) is 0.588. The fourth-order valence-corrected chi connectivity index (χ4v) is 5.48. The summed E-state index contributed by atoms with van der Waals surface area (Å²) >= 11 is 0. The molecule has 8 nitrogen and oxygen atoms in total. The Morgan fingerprint density at radius 1 is 1.00 bits per heavy atom. The number of piperazine rings is 1. The monoisotopic (exact) mass is 455 g/mol. The van der Waals surface area contributed by atoms with Gasteiger partial charge in [-0.2, -0.15) is 4.31 Å². The largest absolute Gasteiger partial charge is 0.454 e. The van der Waals surface area contributed by atoms with Crippen molar-refractivity contribution in [2.24, 2.45) is 0 Å². The average Bonchev–Trinajstić information content (AvgIpc) is 3.23. The Morgan fingerprint density at radius 3 is 2.44 bits per heavy atom. The van der Waals surface area contributed by atoms with Crippen LogP contribution in [0.2, 0.25) is 0 Å². The summed E-state index contributed by atoms with van der Waals surface area (Å²) in [6.45, 7) is 4.93. The molecule has 3 aromatic rings. The zero-order valence-electron chi connectivity index (χ0n) is 18.0. The number of carbonyl (C=O) groups excluding carboxylic acids is 1. The van der Waals surface area contributed by atoms with Crippen molar-refractivity contribution < 1.29 is 17.6 Å². The van der Waals surface area contributed by atoms with Gasteiger partial charge in [0.05, 0.1) is 11.4 Å². The van der Waals surface area contributed by atoms with Gasteiger partial charge in [-0.05, 0) is 43.7 Å². The molecule has 1 fully saturated rings. The van der Waals surface area contributed by atoms with E-state index in [1.54, 1.807) is 54.4 Å². The van der Waals surface area contributed by atoms with Crippen LogP contribution in [-0.4, -0.2) is 54.3 Å². The SMILES string of the molecule is Cc1ccc(S(=O)(=O)N2CCN(C(=O)c3ccc(Cn4ccccc4=O)o3)CC2)c(C)c1. The molecule has 1 amide bonds. The lowest BCUT2D eigenvalue weighted by molar-refractivity contribution is 0.0664. The standard InChI is InChI=1S/C23H25N3O5S/c1-17-6-9-21(18(2)15-17)32(29,30)26-13-11-24(12-14-26)23(28)20-8-7-19(31-20)16-25-10-4-3-5-22(25)27/h3-10,15H,11-14,16H2,1-2H3. The summed E-state index contributed by atoms with van der Waals surface area (Å²) in [6.07, 6.45) is 1.65. The smallest absolute Gasteiger partial charge is 0.289 e. The predicted octanol–water partition coefficient (Wildman–Crippen LogP) is 2.25. The van der Waals surface area contributed by atoms with E-state index in [9.17, 15) is 18.0 Å². The van der Waals surface area contributed by atoms with Gasteiger partial charge in [0, 0.05) is 38.4 Å². The van der Waals surface area contributed by atoms with E-state index in [0.717, 1.165) is 5.56 Å². The fraction of sp³-hybridized carbons (Fsp3) is 0.304. The lowest BCUT2D eigenvalue weighted by Gasteiger charge is -2.33. The number of furan rings is 1. The van der Waals surface area contributed by atoms with Crippen molar-refractivity contribution in [3.63, 3.8) is 0 Å². The summed E-state index contributed by atoms with van der Waals surface area (Å²) in [5, 5.41) is 0. The molecule has 0 saturated carbocycles. The summed E-state index contributed by atoms with van der Waals surface area (Å²) in [5.74, 6) is 0.382. The maximum Gasteiger partial charge on any atom is 0.289 e. The van der Waals surface area contributed by atoms with E-state index in [1.807, 2.05) is 13.0 Å². The molecule has 0 aliphatic carbocycles. The Bertz CT molecular complexity index is 1300. The molecule has 9 heteroatoms. The van der Waals surface area contributed by atoms with E-state index >= 15 is 0 Å². The van der Waals surface area contributed by atoms with Gasteiger partial charge in [0.2, 0.25) is 10.0 Å². The lowest BCUT2D eigenvalue weighted by atomic mass is 10.2. The van der Waals surface area contributed by atoms with Crippen molar-refractivity contribution in [2.75, 3.05) is 26.2 Å². The Kier molecular flexibility index (Phi) is 6.03. The van der Waals surface area contributed by atoms with Crippen molar-refractivity contribution >= 4 is 15.9 Å². The van der Waals surface area contributed by atoms with Crippen LogP contribution < -0.4 is 5.56 Å². The maximum atomic E-state index is 13.0. The highest BCUT2D eigenvalue weighted by Crippen LogP contribution is 2.23. The van der Waals surface area contributed by atoms with Gasteiger partial charge in [-0.15, -0.1) is 0 Å². The van der Waals surface area contributed by atoms with Crippen molar-refractivity contribution in [1.82, 2.24) is 13.8 Å².